The average molecular weight is 334 g/mol. The van der Waals surface area contributed by atoms with Gasteiger partial charge in [0, 0.05) is 6.07 Å². The average Bonchev–Trinajstić information content (AvgIpc) is 2.92. The van der Waals surface area contributed by atoms with Crippen LogP contribution in [0.25, 0.3) is 0 Å². The number of esters is 1. The van der Waals surface area contributed by atoms with Crippen molar-refractivity contribution in [2.75, 3.05) is 11.9 Å². The van der Waals surface area contributed by atoms with Gasteiger partial charge in [-0.3, -0.25) is 14.9 Å². The lowest BCUT2D eigenvalue weighted by Crippen LogP contribution is -2.21. The number of benzene rings is 1. The summed E-state index contributed by atoms with van der Waals surface area (Å²) in [5.41, 5.74) is 1.33. The molecule has 2 aromatic rings. The SMILES string of the molecule is Cc1ccc(NC(=O)COC(=O)c2sccc2C)c([N+](=O)[O-])c1. The zero-order valence-electron chi connectivity index (χ0n) is 12.5. The summed E-state index contributed by atoms with van der Waals surface area (Å²) in [6, 6.07) is 6.22. The maximum Gasteiger partial charge on any atom is 0.349 e. The number of nitrogens with zero attached hydrogens (tertiary/aromatic N) is 1. The van der Waals surface area contributed by atoms with Crippen molar-refractivity contribution in [3.63, 3.8) is 0 Å². The Balaban J connectivity index is 1.99. The lowest BCUT2D eigenvalue weighted by atomic mass is 10.2. The summed E-state index contributed by atoms with van der Waals surface area (Å²) in [6.07, 6.45) is 0. The van der Waals surface area contributed by atoms with Gasteiger partial charge in [0.1, 0.15) is 10.6 Å². The molecule has 120 valence electrons. The first kappa shape index (κ1) is 16.6. The molecule has 0 bridgehead atoms. The number of nitro groups is 1. The van der Waals surface area contributed by atoms with Gasteiger partial charge in [0.2, 0.25) is 0 Å². The number of carbonyl (C=O) groups is 2. The lowest BCUT2D eigenvalue weighted by Gasteiger charge is -2.07. The standard InChI is InChI=1S/C15H14N2O5S/c1-9-3-4-11(12(7-9)17(20)21)16-13(18)8-22-15(19)14-10(2)5-6-23-14/h3-7H,8H2,1-2H3,(H,16,18). The number of nitro benzene ring substituents is 1. The van der Waals surface area contributed by atoms with E-state index in [4.69, 9.17) is 4.74 Å². The second-order valence-corrected chi connectivity index (χ2v) is 5.75. The van der Waals surface area contributed by atoms with Gasteiger partial charge in [-0.15, -0.1) is 11.3 Å². The molecule has 0 atom stereocenters. The number of amides is 1. The van der Waals surface area contributed by atoms with Crippen molar-refractivity contribution >= 4 is 34.6 Å². The minimum absolute atomic E-state index is 0.0638. The van der Waals surface area contributed by atoms with Crippen LogP contribution < -0.4 is 5.32 Å². The van der Waals surface area contributed by atoms with Crippen molar-refractivity contribution in [3.05, 3.63) is 55.8 Å². The van der Waals surface area contributed by atoms with E-state index in [1.807, 2.05) is 0 Å². The number of nitrogens with one attached hydrogen (secondary N) is 1. The molecule has 0 fully saturated rings. The minimum Gasteiger partial charge on any atom is -0.451 e. The van der Waals surface area contributed by atoms with E-state index in [2.05, 4.69) is 5.32 Å². The van der Waals surface area contributed by atoms with Crippen molar-refractivity contribution < 1.29 is 19.2 Å². The van der Waals surface area contributed by atoms with Gasteiger partial charge in [0.25, 0.3) is 11.6 Å². The van der Waals surface area contributed by atoms with E-state index < -0.39 is 23.4 Å². The van der Waals surface area contributed by atoms with Crippen LogP contribution in [0.1, 0.15) is 20.8 Å². The van der Waals surface area contributed by atoms with Crippen molar-refractivity contribution in [3.8, 4) is 0 Å². The van der Waals surface area contributed by atoms with Crippen molar-refractivity contribution in [2.24, 2.45) is 0 Å². The predicted molar refractivity (Wildman–Crippen MR) is 85.8 cm³/mol. The summed E-state index contributed by atoms with van der Waals surface area (Å²) in [4.78, 5) is 34.5. The molecule has 23 heavy (non-hydrogen) atoms. The molecule has 7 nitrogen and oxygen atoms in total. The van der Waals surface area contributed by atoms with Crippen LogP contribution in [0.2, 0.25) is 0 Å². The Kier molecular flexibility index (Phi) is 5.07. The fraction of sp³-hybridized carbons (Fsp3) is 0.200. The number of aryl methyl sites for hydroxylation is 2. The van der Waals surface area contributed by atoms with Crippen LogP contribution in [0.4, 0.5) is 11.4 Å². The molecule has 0 aliphatic carbocycles. The molecule has 0 spiro atoms. The highest BCUT2D eigenvalue weighted by Crippen LogP contribution is 2.25. The van der Waals surface area contributed by atoms with E-state index in [-0.39, 0.29) is 11.4 Å². The number of anilines is 1. The first-order valence-electron chi connectivity index (χ1n) is 6.64. The van der Waals surface area contributed by atoms with E-state index >= 15 is 0 Å². The maximum atomic E-state index is 11.8. The minimum atomic E-state index is -0.639. The van der Waals surface area contributed by atoms with Crippen molar-refractivity contribution in [1.82, 2.24) is 0 Å². The van der Waals surface area contributed by atoms with Crippen LogP contribution >= 0.6 is 11.3 Å². The number of carbonyl (C=O) groups excluding carboxylic acids is 2. The third kappa shape index (κ3) is 4.13. The fourth-order valence-corrected chi connectivity index (χ4v) is 2.68. The van der Waals surface area contributed by atoms with Crippen LogP contribution in [-0.4, -0.2) is 23.4 Å². The van der Waals surface area contributed by atoms with Gasteiger partial charge in [-0.1, -0.05) is 6.07 Å². The first-order valence-corrected chi connectivity index (χ1v) is 7.52. The molecule has 0 aliphatic rings. The summed E-state index contributed by atoms with van der Waals surface area (Å²) in [6.45, 7) is 2.97. The Morgan fingerprint density at radius 2 is 2.04 bits per heavy atom. The molecule has 2 rings (SSSR count). The highest BCUT2D eigenvalue weighted by molar-refractivity contribution is 7.12. The van der Waals surface area contributed by atoms with Gasteiger partial charge in [-0.05, 0) is 42.5 Å². The first-order chi connectivity index (χ1) is 10.9. The summed E-state index contributed by atoms with van der Waals surface area (Å²) < 4.78 is 4.91. The second-order valence-electron chi connectivity index (χ2n) is 4.83. The second kappa shape index (κ2) is 7.01. The summed E-state index contributed by atoms with van der Waals surface area (Å²) in [5.74, 6) is -1.23. The van der Waals surface area contributed by atoms with E-state index in [1.54, 1.807) is 31.4 Å². The Morgan fingerprint density at radius 3 is 2.65 bits per heavy atom. The van der Waals surface area contributed by atoms with Gasteiger partial charge < -0.3 is 10.1 Å². The molecule has 0 radical (unpaired) electrons. The molecule has 0 aliphatic heterocycles. The zero-order valence-corrected chi connectivity index (χ0v) is 13.3. The zero-order chi connectivity index (χ0) is 17.0. The number of thiophene rings is 1. The third-order valence-electron chi connectivity index (χ3n) is 3.01. The molecule has 0 saturated carbocycles. The highest BCUT2D eigenvalue weighted by Gasteiger charge is 2.18. The molecule has 1 aromatic heterocycles. The molecule has 1 aromatic carbocycles. The summed E-state index contributed by atoms with van der Waals surface area (Å²) >= 11 is 1.23. The topological polar surface area (TPSA) is 98.5 Å². The van der Waals surface area contributed by atoms with Crippen LogP contribution in [0.3, 0.4) is 0 Å². The lowest BCUT2D eigenvalue weighted by molar-refractivity contribution is -0.384. The van der Waals surface area contributed by atoms with Crippen molar-refractivity contribution in [2.45, 2.75) is 13.8 Å². The monoisotopic (exact) mass is 334 g/mol. The Bertz CT molecular complexity index is 769. The molecule has 8 heteroatoms. The fourth-order valence-electron chi connectivity index (χ4n) is 1.86. The quantitative estimate of drug-likeness (QED) is 0.515. The normalized spacial score (nSPS) is 10.2. The largest absolute Gasteiger partial charge is 0.451 e. The Labute approximate surface area is 136 Å². The van der Waals surface area contributed by atoms with Gasteiger partial charge in [-0.2, -0.15) is 0 Å². The summed E-state index contributed by atoms with van der Waals surface area (Å²) in [7, 11) is 0. The molecule has 1 N–H and O–H groups in total. The van der Waals surface area contributed by atoms with E-state index in [9.17, 15) is 19.7 Å². The van der Waals surface area contributed by atoms with E-state index in [0.717, 1.165) is 5.56 Å². The molecule has 1 heterocycles. The Hall–Kier alpha value is -2.74. The molecular formula is C15H14N2O5S. The number of hydrogen-bond acceptors (Lipinski definition) is 6. The predicted octanol–water partition coefficient (Wildman–Crippen LogP) is 3.07. The Morgan fingerprint density at radius 1 is 1.30 bits per heavy atom. The molecule has 1 amide bonds. The smallest absolute Gasteiger partial charge is 0.349 e. The van der Waals surface area contributed by atoms with Gasteiger partial charge in [0.05, 0.1) is 4.92 Å². The van der Waals surface area contributed by atoms with Crippen LogP contribution in [0.15, 0.2) is 29.6 Å². The maximum absolute atomic E-state index is 11.8. The van der Waals surface area contributed by atoms with Gasteiger partial charge in [0.15, 0.2) is 6.61 Å². The van der Waals surface area contributed by atoms with Crippen molar-refractivity contribution in [1.29, 1.82) is 0 Å². The highest BCUT2D eigenvalue weighted by atomic mass is 32.1. The molecule has 0 unspecified atom stereocenters. The third-order valence-corrected chi connectivity index (χ3v) is 4.00. The van der Waals surface area contributed by atoms with Gasteiger partial charge >= 0.3 is 5.97 Å². The number of hydrogen-bond donors (Lipinski definition) is 1. The number of ether oxygens (including phenoxy) is 1. The van der Waals surface area contributed by atoms with Crippen LogP contribution in [0.5, 0.6) is 0 Å². The van der Waals surface area contributed by atoms with E-state index in [1.165, 1.54) is 23.5 Å². The molecular weight excluding hydrogens is 320 g/mol. The number of rotatable bonds is 5. The van der Waals surface area contributed by atoms with Crippen LogP contribution in [-0.2, 0) is 9.53 Å². The van der Waals surface area contributed by atoms with Gasteiger partial charge in [-0.25, -0.2) is 4.79 Å². The molecule has 0 saturated heterocycles. The van der Waals surface area contributed by atoms with Crippen LogP contribution in [0, 0.1) is 24.0 Å². The van der Waals surface area contributed by atoms with E-state index in [0.29, 0.717) is 10.4 Å². The summed E-state index contributed by atoms with van der Waals surface area (Å²) in [5, 5.41) is 15.1.